The molecule has 2 rings (SSSR count). The highest BCUT2D eigenvalue weighted by molar-refractivity contribution is 7.86. The molecule has 1 saturated carbocycles. The molecule has 0 amide bonds. The zero-order chi connectivity index (χ0) is 12.5. The maximum absolute atomic E-state index is 12.3. The molecule has 0 atom stereocenters. The summed E-state index contributed by atoms with van der Waals surface area (Å²) in [5.41, 5.74) is 0. The van der Waals surface area contributed by atoms with Gasteiger partial charge in [-0.15, -0.1) is 0 Å². The Hall–Kier alpha value is -0.460. The van der Waals surface area contributed by atoms with Gasteiger partial charge in [0.2, 0.25) is 0 Å². The molecule has 1 aliphatic heterocycles. The predicted molar refractivity (Wildman–Crippen MR) is 64.8 cm³/mol. The summed E-state index contributed by atoms with van der Waals surface area (Å²) < 4.78 is 27.6. The van der Waals surface area contributed by atoms with Crippen LogP contribution in [0.15, 0.2) is 0 Å². The van der Waals surface area contributed by atoms with Crippen molar-refractivity contribution in [3.8, 4) is 0 Å². The molecule has 5 nitrogen and oxygen atoms in total. The van der Waals surface area contributed by atoms with E-state index in [-0.39, 0.29) is 11.8 Å². The largest absolute Gasteiger partial charge is 0.300 e. The maximum atomic E-state index is 12.3. The molecule has 0 bridgehead atoms. The third-order valence-electron chi connectivity index (χ3n) is 3.78. The van der Waals surface area contributed by atoms with Crippen molar-refractivity contribution >= 4 is 16.0 Å². The molecule has 17 heavy (non-hydrogen) atoms. The van der Waals surface area contributed by atoms with E-state index in [1.807, 2.05) is 0 Å². The van der Waals surface area contributed by atoms with Crippen molar-refractivity contribution in [2.75, 3.05) is 20.1 Å². The Morgan fingerprint density at radius 2 is 1.71 bits per heavy atom. The molecule has 0 aromatic carbocycles. The molecule has 98 valence electrons. The van der Waals surface area contributed by atoms with Gasteiger partial charge in [0.05, 0.1) is 0 Å². The van der Waals surface area contributed by atoms with Gasteiger partial charge < -0.3 is 0 Å². The zero-order valence-electron chi connectivity index (χ0n) is 10.3. The van der Waals surface area contributed by atoms with Gasteiger partial charge in [0.15, 0.2) is 0 Å². The fourth-order valence-corrected chi connectivity index (χ4v) is 4.25. The number of rotatable bonds is 3. The molecule has 0 unspecified atom stereocenters. The topological polar surface area (TPSA) is 57.7 Å². The molecule has 2 aliphatic rings. The first-order valence-electron chi connectivity index (χ1n) is 6.26. The Kier molecular flexibility index (Phi) is 3.85. The summed E-state index contributed by atoms with van der Waals surface area (Å²) in [6.45, 7) is 1.27. The Labute approximate surface area is 103 Å². The van der Waals surface area contributed by atoms with E-state index in [2.05, 4.69) is 0 Å². The maximum Gasteiger partial charge on any atom is 0.281 e. The average molecular weight is 260 g/mol. The van der Waals surface area contributed by atoms with Crippen LogP contribution in [0.25, 0.3) is 0 Å². The molecule has 0 N–H and O–H groups in total. The van der Waals surface area contributed by atoms with Crippen LogP contribution in [0, 0.1) is 0 Å². The quantitative estimate of drug-likeness (QED) is 0.753. The summed E-state index contributed by atoms with van der Waals surface area (Å²) >= 11 is 0. The van der Waals surface area contributed by atoms with E-state index in [1.54, 1.807) is 11.4 Å². The molecule has 1 aliphatic carbocycles. The van der Waals surface area contributed by atoms with Crippen LogP contribution in [-0.2, 0) is 15.0 Å². The second kappa shape index (κ2) is 5.04. The summed E-state index contributed by atoms with van der Waals surface area (Å²) in [6, 6.07) is -0.00157. The van der Waals surface area contributed by atoms with Crippen LogP contribution in [0.3, 0.4) is 0 Å². The minimum Gasteiger partial charge on any atom is -0.300 e. The number of hydrogen-bond acceptors (Lipinski definition) is 3. The van der Waals surface area contributed by atoms with Crippen molar-refractivity contribution in [3.63, 3.8) is 0 Å². The first-order valence-corrected chi connectivity index (χ1v) is 7.66. The Balaban J connectivity index is 2.03. The zero-order valence-corrected chi connectivity index (χ0v) is 11.1. The lowest BCUT2D eigenvalue weighted by atomic mass is 9.95. The van der Waals surface area contributed by atoms with E-state index in [4.69, 9.17) is 0 Å². The van der Waals surface area contributed by atoms with Crippen LogP contribution in [-0.4, -0.2) is 49.0 Å². The van der Waals surface area contributed by atoms with Gasteiger partial charge in [-0.1, -0.05) is 0 Å². The number of carbonyl (C=O) groups excluding carboxylic acids is 1. The predicted octanol–water partition coefficient (Wildman–Crippen LogP) is 0.770. The van der Waals surface area contributed by atoms with Gasteiger partial charge in [-0.25, -0.2) is 0 Å². The van der Waals surface area contributed by atoms with Crippen LogP contribution in [0.5, 0.6) is 0 Å². The van der Waals surface area contributed by atoms with Gasteiger partial charge in [-0.3, -0.25) is 4.79 Å². The lowest BCUT2D eigenvalue weighted by Crippen LogP contribution is -2.46. The van der Waals surface area contributed by atoms with Gasteiger partial charge in [0.1, 0.15) is 5.78 Å². The minimum absolute atomic E-state index is 0.00157. The molecule has 1 heterocycles. The van der Waals surface area contributed by atoms with Gasteiger partial charge in [-0.2, -0.15) is 17.0 Å². The lowest BCUT2D eigenvalue weighted by molar-refractivity contribution is -0.120. The summed E-state index contributed by atoms with van der Waals surface area (Å²) in [5.74, 6) is 0.258. The minimum atomic E-state index is -3.30. The fraction of sp³-hybridized carbons (Fsp3) is 0.909. The summed E-state index contributed by atoms with van der Waals surface area (Å²) in [5, 5.41) is 0. The van der Waals surface area contributed by atoms with Crippen molar-refractivity contribution in [3.05, 3.63) is 0 Å². The van der Waals surface area contributed by atoms with E-state index in [0.29, 0.717) is 38.8 Å². The van der Waals surface area contributed by atoms with Gasteiger partial charge in [0, 0.05) is 39.0 Å². The Morgan fingerprint density at radius 3 is 2.24 bits per heavy atom. The van der Waals surface area contributed by atoms with Crippen molar-refractivity contribution in [1.82, 2.24) is 8.61 Å². The SMILES string of the molecule is CN(C1CCC(=O)CC1)S(=O)(=O)N1CCCC1. The van der Waals surface area contributed by atoms with Crippen LogP contribution in [0.4, 0.5) is 0 Å². The molecule has 1 saturated heterocycles. The van der Waals surface area contributed by atoms with Gasteiger partial charge >= 0.3 is 0 Å². The molecular weight excluding hydrogens is 240 g/mol. The summed E-state index contributed by atoms with van der Waals surface area (Å²) in [4.78, 5) is 11.2. The van der Waals surface area contributed by atoms with E-state index < -0.39 is 10.2 Å². The van der Waals surface area contributed by atoms with Gasteiger partial charge in [0.25, 0.3) is 10.2 Å². The molecule has 2 fully saturated rings. The molecule has 0 spiro atoms. The van der Waals surface area contributed by atoms with E-state index in [0.717, 1.165) is 12.8 Å². The summed E-state index contributed by atoms with van der Waals surface area (Å²) in [6.07, 6.45) is 4.28. The first kappa shape index (κ1) is 13.0. The van der Waals surface area contributed by atoms with E-state index >= 15 is 0 Å². The second-order valence-corrected chi connectivity index (χ2v) is 6.89. The Bertz CT molecular complexity index is 378. The van der Waals surface area contributed by atoms with Crippen LogP contribution >= 0.6 is 0 Å². The Morgan fingerprint density at radius 1 is 1.18 bits per heavy atom. The standard InChI is InChI=1S/C11H20N2O3S/c1-12(10-4-6-11(14)7-5-10)17(15,16)13-8-2-3-9-13/h10H,2-9H2,1H3. The molecule has 0 aromatic heterocycles. The first-order chi connectivity index (χ1) is 8.01. The van der Waals surface area contributed by atoms with Crippen molar-refractivity contribution in [2.45, 2.75) is 44.6 Å². The number of carbonyl (C=O) groups is 1. The second-order valence-electron chi connectivity index (χ2n) is 4.90. The van der Waals surface area contributed by atoms with Gasteiger partial charge in [-0.05, 0) is 25.7 Å². The van der Waals surface area contributed by atoms with Crippen molar-refractivity contribution in [1.29, 1.82) is 0 Å². The summed E-state index contributed by atoms with van der Waals surface area (Å²) in [7, 11) is -1.65. The highest BCUT2D eigenvalue weighted by atomic mass is 32.2. The van der Waals surface area contributed by atoms with Crippen molar-refractivity contribution in [2.24, 2.45) is 0 Å². The van der Waals surface area contributed by atoms with Crippen LogP contribution in [0.2, 0.25) is 0 Å². The van der Waals surface area contributed by atoms with Crippen molar-refractivity contribution < 1.29 is 13.2 Å². The van der Waals surface area contributed by atoms with Crippen LogP contribution in [0.1, 0.15) is 38.5 Å². The number of hydrogen-bond donors (Lipinski definition) is 0. The lowest BCUT2D eigenvalue weighted by Gasteiger charge is -2.32. The highest BCUT2D eigenvalue weighted by Gasteiger charge is 2.34. The monoisotopic (exact) mass is 260 g/mol. The third kappa shape index (κ3) is 2.69. The average Bonchev–Trinajstić information content (AvgIpc) is 2.83. The number of Topliss-reactive ketones (excluding diaryl/α,β-unsaturated/α-hetero) is 1. The highest BCUT2D eigenvalue weighted by Crippen LogP contribution is 2.24. The van der Waals surface area contributed by atoms with Crippen LogP contribution < -0.4 is 0 Å². The molecule has 0 aromatic rings. The normalized spacial score (nSPS) is 24.7. The molecule has 6 heteroatoms. The third-order valence-corrected chi connectivity index (χ3v) is 5.83. The molecule has 0 radical (unpaired) electrons. The molecular formula is C11H20N2O3S. The number of ketones is 1. The smallest absolute Gasteiger partial charge is 0.281 e. The fourth-order valence-electron chi connectivity index (χ4n) is 2.58. The van der Waals surface area contributed by atoms with E-state index in [9.17, 15) is 13.2 Å². The van der Waals surface area contributed by atoms with E-state index in [1.165, 1.54) is 4.31 Å². The number of nitrogens with zero attached hydrogens (tertiary/aromatic N) is 2.